The van der Waals surface area contributed by atoms with Crippen molar-refractivity contribution in [1.29, 1.82) is 0 Å². The quantitative estimate of drug-likeness (QED) is 0.516. The van der Waals surface area contributed by atoms with Crippen molar-refractivity contribution in [3.05, 3.63) is 87.9 Å². The van der Waals surface area contributed by atoms with E-state index in [1.807, 2.05) is 24.6 Å². The molecule has 0 saturated carbocycles. The van der Waals surface area contributed by atoms with Crippen LogP contribution in [0.1, 0.15) is 23.3 Å². The molecule has 1 fully saturated rings. The maximum Gasteiger partial charge on any atom is 0.248 e. The number of morpholine rings is 1. The van der Waals surface area contributed by atoms with Gasteiger partial charge in [0.2, 0.25) is 5.91 Å². The minimum Gasteiger partial charge on any atom is -0.374 e. The number of hydrogen-bond acceptors (Lipinski definition) is 6. The molecule has 3 heterocycles. The van der Waals surface area contributed by atoms with E-state index in [-0.39, 0.29) is 24.2 Å². The second-order valence-corrected chi connectivity index (χ2v) is 10.4. The van der Waals surface area contributed by atoms with Crippen LogP contribution in [-0.2, 0) is 9.53 Å². The molecule has 2 aromatic carbocycles. The normalized spacial score (nSPS) is 24.2. The Hall–Kier alpha value is -3.21. The van der Waals surface area contributed by atoms with Gasteiger partial charge in [-0.1, -0.05) is 18.2 Å². The van der Waals surface area contributed by atoms with Crippen molar-refractivity contribution in [3.63, 3.8) is 0 Å². The summed E-state index contributed by atoms with van der Waals surface area (Å²) in [5.74, 6) is -2.98. The van der Waals surface area contributed by atoms with Crippen LogP contribution in [0.15, 0.2) is 65.1 Å². The summed E-state index contributed by atoms with van der Waals surface area (Å²) in [7, 11) is 1.99. The van der Waals surface area contributed by atoms with Crippen molar-refractivity contribution >= 4 is 28.6 Å². The number of hydrazone groups is 1. The van der Waals surface area contributed by atoms with Gasteiger partial charge in [-0.15, -0.1) is 11.3 Å². The SMILES string of the molecule is CN1CCOC(CNC(=O)C2(C)C(c3cccs3)C(c3ccc(F)cc3)=NN2c2ccc(F)cc2F)C1. The van der Waals surface area contributed by atoms with Crippen molar-refractivity contribution < 1.29 is 22.7 Å². The lowest BCUT2D eigenvalue weighted by atomic mass is 9.78. The summed E-state index contributed by atoms with van der Waals surface area (Å²) in [4.78, 5) is 17.0. The molecule has 3 atom stereocenters. The van der Waals surface area contributed by atoms with Crippen molar-refractivity contribution in [2.45, 2.75) is 24.5 Å². The zero-order chi connectivity index (χ0) is 26.2. The van der Waals surface area contributed by atoms with Gasteiger partial charge in [-0.05, 0) is 55.2 Å². The summed E-state index contributed by atoms with van der Waals surface area (Å²) in [5, 5.41) is 11.0. The third kappa shape index (κ3) is 4.88. The first kappa shape index (κ1) is 25.4. The molecular formula is C27H27F3N4O2S. The van der Waals surface area contributed by atoms with Gasteiger partial charge in [0.05, 0.1) is 30.0 Å². The van der Waals surface area contributed by atoms with Gasteiger partial charge in [0.1, 0.15) is 11.6 Å². The summed E-state index contributed by atoms with van der Waals surface area (Å²) in [6, 6.07) is 12.7. The number of nitrogens with one attached hydrogen (secondary N) is 1. The second kappa shape index (κ2) is 10.3. The Morgan fingerprint density at radius 1 is 1.16 bits per heavy atom. The van der Waals surface area contributed by atoms with Crippen LogP contribution in [0.5, 0.6) is 0 Å². The fourth-order valence-electron chi connectivity index (χ4n) is 4.93. The standard InChI is InChI=1S/C27H27F3N4O2S/c1-27(26(35)31-15-20-16-33(2)11-12-36-20)24(23-4-3-13-37-23)25(17-5-7-18(28)8-6-17)32-34(27)22-10-9-19(29)14-21(22)30/h3-10,13-14,20,24H,11-12,15-16H2,1-2H3,(H,31,35). The zero-order valence-electron chi connectivity index (χ0n) is 20.5. The Morgan fingerprint density at radius 3 is 2.59 bits per heavy atom. The highest BCUT2D eigenvalue weighted by Crippen LogP contribution is 2.46. The monoisotopic (exact) mass is 528 g/mol. The van der Waals surface area contributed by atoms with E-state index in [1.165, 1.54) is 34.5 Å². The van der Waals surface area contributed by atoms with E-state index < -0.39 is 28.9 Å². The average Bonchev–Trinajstić information content (AvgIpc) is 3.50. The summed E-state index contributed by atoms with van der Waals surface area (Å²) in [6.45, 7) is 4.01. The molecule has 3 aromatic rings. The van der Waals surface area contributed by atoms with Gasteiger partial charge in [0.25, 0.3) is 0 Å². The Kier molecular flexibility index (Phi) is 7.06. The number of benzene rings is 2. The molecule has 6 nitrogen and oxygen atoms in total. The molecule has 0 bridgehead atoms. The number of halogens is 3. The molecule has 2 aliphatic rings. The summed E-state index contributed by atoms with van der Waals surface area (Å²) in [5.41, 5.74) is -0.377. The van der Waals surface area contributed by atoms with Crippen LogP contribution in [0.4, 0.5) is 18.9 Å². The number of carbonyl (C=O) groups excluding carboxylic acids is 1. The molecule has 1 amide bonds. The van der Waals surface area contributed by atoms with Gasteiger partial charge >= 0.3 is 0 Å². The molecule has 2 aliphatic heterocycles. The smallest absolute Gasteiger partial charge is 0.248 e. The number of carbonyl (C=O) groups is 1. The van der Waals surface area contributed by atoms with E-state index in [4.69, 9.17) is 9.84 Å². The molecule has 1 aromatic heterocycles. The molecule has 5 rings (SSSR count). The average molecular weight is 529 g/mol. The topological polar surface area (TPSA) is 57.2 Å². The third-order valence-corrected chi connectivity index (χ3v) is 7.82. The van der Waals surface area contributed by atoms with Crippen LogP contribution >= 0.6 is 11.3 Å². The molecule has 0 aliphatic carbocycles. The van der Waals surface area contributed by atoms with E-state index in [9.17, 15) is 13.6 Å². The number of amides is 1. The number of likely N-dealkylation sites (N-methyl/N-ethyl adjacent to an activating group) is 1. The molecular weight excluding hydrogens is 501 g/mol. The minimum atomic E-state index is -1.42. The fraction of sp³-hybridized carbons (Fsp3) is 0.333. The molecule has 1 N–H and O–H groups in total. The zero-order valence-corrected chi connectivity index (χ0v) is 21.3. The maximum atomic E-state index is 15.1. The van der Waals surface area contributed by atoms with Crippen LogP contribution in [0.25, 0.3) is 0 Å². The van der Waals surface area contributed by atoms with Gasteiger partial charge in [-0.2, -0.15) is 5.10 Å². The number of nitrogens with zero attached hydrogens (tertiary/aromatic N) is 3. The lowest BCUT2D eigenvalue weighted by molar-refractivity contribution is -0.127. The summed E-state index contributed by atoms with van der Waals surface area (Å²) >= 11 is 1.45. The predicted molar refractivity (Wildman–Crippen MR) is 137 cm³/mol. The fourth-order valence-corrected chi connectivity index (χ4v) is 5.88. The third-order valence-electron chi connectivity index (χ3n) is 6.88. The highest BCUT2D eigenvalue weighted by Gasteiger charge is 2.55. The Morgan fingerprint density at radius 2 is 1.92 bits per heavy atom. The van der Waals surface area contributed by atoms with E-state index in [0.29, 0.717) is 24.4 Å². The largest absolute Gasteiger partial charge is 0.374 e. The van der Waals surface area contributed by atoms with E-state index in [2.05, 4.69) is 10.2 Å². The van der Waals surface area contributed by atoms with Crippen LogP contribution in [0, 0.1) is 17.5 Å². The lowest BCUT2D eigenvalue weighted by Gasteiger charge is -2.38. The molecule has 10 heteroatoms. The van der Waals surface area contributed by atoms with Crippen LogP contribution in [0.2, 0.25) is 0 Å². The Bertz CT molecular complexity index is 1300. The van der Waals surface area contributed by atoms with Gasteiger partial charge in [-0.25, -0.2) is 18.2 Å². The maximum absolute atomic E-state index is 15.1. The van der Waals surface area contributed by atoms with Crippen molar-refractivity contribution in [1.82, 2.24) is 10.2 Å². The highest BCUT2D eigenvalue weighted by atomic mass is 32.1. The lowest BCUT2D eigenvalue weighted by Crippen LogP contribution is -2.58. The predicted octanol–water partition coefficient (Wildman–Crippen LogP) is 4.38. The first-order valence-electron chi connectivity index (χ1n) is 12.0. The van der Waals surface area contributed by atoms with Gasteiger partial charge in [0.15, 0.2) is 11.4 Å². The van der Waals surface area contributed by atoms with E-state index in [0.717, 1.165) is 23.6 Å². The van der Waals surface area contributed by atoms with Gasteiger partial charge in [-0.3, -0.25) is 4.79 Å². The van der Waals surface area contributed by atoms with E-state index in [1.54, 1.807) is 19.1 Å². The molecule has 3 unspecified atom stereocenters. The molecule has 1 saturated heterocycles. The molecule has 37 heavy (non-hydrogen) atoms. The summed E-state index contributed by atoms with van der Waals surface area (Å²) in [6.07, 6.45) is -0.193. The minimum absolute atomic E-state index is 0.0358. The number of thiophene rings is 1. The number of ether oxygens (including phenoxy) is 1. The Balaban J connectivity index is 1.59. The molecule has 0 spiro atoms. The first-order chi connectivity index (χ1) is 17.8. The first-order valence-corrected chi connectivity index (χ1v) is 12.9. The van der Waals surface area contributed by atoms with Crippen molar-refractivity contribution in [2.75, 3.05) is 38.3 Å². The number of rotatable bonds is 6. The summed E-state index contributed by atoms with van der Waals surface area (Å²) < 4.78 is 48.5. The van der Waals surface area contributed by atoms with E-state index >= 15 is 4.39 Å². The van der Waals surface area contributed by atoms with Crippen LogP contribution in [-0.4, -0.2) is 61.5 Å². The van der Waals surface area contributed by atoms with Crippen molar-refractivity contribution in [2.24, 2.45) is 5.10 Å². The number of hydrogen-bond donors (Lipinski definition) is 1. The van der Waals surface area contributed by atoms with Crippen molar-refractivity contribution in [3.8, 4) is 0 Å². The van der Waals surface area contributed by atoms with Crippen LogP contribution < -0.4 is 10.3 Å². The Labute approximate surface area is 217 Å². The highest BCUT2D eigenvalue weighted by molar-refractivity contribution is 7.10. The second-order valence-electron chi connectivity index (χ2n) is 9.46. The van der Waals surface area contributed by atoms with Gasteiger partial charge < -0.3 is 15.0 Å². The van der Waals surface area contributed by atoms with Gasteiger partial charge in [0, 0.05) is 30.6 Å². The molecule has 0 radical (unpaired) electrons. The number of anilines is 1. The van der Waals surface area contributed by atoms with Crippen LogP contribution in [0.3, 0.4) is 0 Å². The molecule has 194 valence electrons.